The molecule has 2 aromatic rings. The molecule has 4 N–H and O–H groups in total. The Morgan fingerprint density at radius 1 is 0.930 bits per heavy atom. The highest BCUT2D eigenvalue weighted by atomic mass is 16.3. The second kappa shape index (κ2) is 11.4. The molecule has 10 atom stereocenters. The summed E-state index contributed by atoms with van der Waals surface area (Å²) in [5, 5.41) is 45.7. The summed E-state index contributed by atoms with van der Waals surface area (Å²) < 4.78 is 0. The van der Waals surface area contributed by atoms with Crippen molar-refractivity contribution in [2.24, 2.45) is 29.1 Å². The molecule has 2 amide bonds. The summed E-state index contributed by atoms with van der Waals surface area (Å²) in [6.45, 7) is 6.53. The Kier molecular flexibility index (Phi) is 8.28. The predicted octanol–water partition coefficient (Wildman–Crippen LogP) is 3.32. The highest BCUT2D eigenvalue weighted by Crippen LogP contribution is 2.61. The SMILES string of the molecule is CC1C/C=C/[C@H]2[C@H](O)[C@](C)(O)[C@@H](C)[C@H]3[C@H](Cc4ccccc4)N(C(=O)c4ccccc4)C(=O)[C@]32C(=O)CC[C@@](C)(O)[C@@H]1O. The number of benzene rings is 2. The topological polar surface area (TPSA) is 135 Å². The van der Waals surface area contributed by atoms with Gasteiger partial charge in [-0.05, 0) is 62.6 Å². The minimum atomic E-state index is -1.88. The maximum absolute atomic E-state index is 15.0. The molecule has 1 heterocycles. The maximum atomic E-state index is 15.0. The fourth-order valence-electron chi connectivity index (χ4n) is 7.98. The molecule has 230 valence electrons. The number of rotatable bonds is 3. The van der Waals surface area contributed by atoms with E-state index in [2.05, 4.69) is 0 Å². The lowest BCUT2D eigenvalue weighted by atomic mass is 9.49. The van der Waals surface area contributed by atoms with Gasteiger partial charge in [0.25, 0.3) is 5.91 Å². The van der Waals surface area contributed by atoms with E-state index in [1.807, 2.05) is 30.3 Å². The zero-order chi connectivity index (χ0) is 31.3. The van der Waals surface area contributed by atoms with E-state index in [9.17, 15) is 30.0 Å². The summed E-state index contributed by atoms with van der Waals surface area (Å²) in [5.41, 5.74) is -4.03. The second-order valence-electron chi connectivity index (χ2n) is 13.3. The molecule has 2 fully saturated rings. The van der Waals surface area contributed by atoms with Crippen LogP contribution < -0.4 is 0 Å². The van der Waals surface area contributed by atoms with Crippen molar-refractivity contribution in [2.45, 2.75) is 82.8 Å². The highest BCUT2D eigenvalue weighted by molar-refractivity contribution is 6.16. The third kappa shape index (κ3) is 4.98. The average molecular weight is 590 g/mol. The first-order chi connectivity index (χ1) is 20.3. The molecule has 0 radical (unpaired) electrons. The van der Waals surface area contributed by atoms with Crippen LogP contribution in [0.15, 0.2) is 72.8 Å². The van der Waals surface area contributed by atoms with Crippen LogP contribution in [0.2, 0.25) is 0 Å². The Bertz CT molecular complexity index is 1390. The van der Waals surface area contributed by atoms with Crippen molar-refractivity contribution in [1.82, 2.24) is 4.90 Å². The van der Waals surface area contributed by atoms with Crippen LogP contribution in [0, 0.1) is 29.1 Å². The molecule has 8 nitrogen and oxygen atoms in total. The van der Waals surface area contributed by atoms with Crippen LogP contribution in [0.1, 0.15) is 62.9 Å². The van der Waals surface area contributed by atoms with Gasteiger partial charge in [0.2, 0.25) is 5.91 Å². The standard InChI is InChI=1S/C35H43NO7/c1-21-12-11-17-25-30(39)34(4,43)22(2)28-26(20-23-13-7-5-8-14-23)36(31(40)24-15-9-6-10-16-24)32(41)35(25,28)27(37)18-19-33(3,42)29(21)38/h5-11,13-17,21-22,25-26,28-30,38-39,42-43H,12,18-20H2,1-4H3/b17-11+/t21?,22-,25-,26-,28-,29+,30-,33+,34+,35+/m0/s1. The average Bonchev–Trinajstić information content (AvgIpc) is 3.24. The van der Waals surface area contributed by atoms with E-state index in [1.54, 1.807) is 56.3 Å². The molecule has 1 unspecified atom stereocenters. The van der Waals surface area contributed by atoms with Gasteiger partial charge in [-0.3, -0.25) is 19.3 Å². The van der Waals surface area contributed by atoms with E-state index in [-0.39, 0.29) is 25.2 Å². The number of allylic oxidation sites excluding steroid dienone is 1. The third-order valence-electron chi connectivity index (χ3n) is 10.6. The molecule has 2 aliphatic carbocycles. The van der Waals surface area contributed by atoms with Gasteiger partial charge in [-0.1, -0.05) is 74.5 Å². The molecule has 1 spiro atoms. The largest absolute Gasteiger partial charge is 0.390 e. The van der Waals surface area contributed by atoms with Crippen molar-refractivity contribution < 1.29 is 34.8 Å². The molecule has 43 heavy (non-hydrogen) atoms. The maximum Gasteiger partial charge on any atom is 0.260 e. The summed E-state index contributed by atoms with van der Waals surface area (Å²) in [4.78, 5) is 45.1. The zero-order valence-corrected chi connectivity index (χ0v) is 25.3. The first-order valence-corrected chi connectivity index (χ1v) is 15.2. The van der Waals surface area contributed by atoms with Crippen LogP contribution in [-0.4, -0.2) is 72.4 Å². The normalized spacial score (nSPS) is 40.7. The van der Waals surface area contributed by atoms with E-state index >= 15 is 4.79 Å². The number of aliphatic hydroxyl groups excluding tert-OH is 2. The molecule has 1 aliphatic heterocycles. The van der Waals surface area contributed by atoms with Crippen molar-refractivity contribution in [3.8, 4) is 0 Å². The number of carbonyl (C=O) groups is 3. The van der Waals surface area contributed by atoms with E-state index < -0.39 is 70.2 Å². The third-order valence-corrected chi connectivity index (χ3v) is 10.6. The molecular formula is C35H43NO7. The van der Waals surface area contributed by atoms with Gasteiger partial charge in [0.05, 0.1) is 23.4 Å². The Hall–Kier alpha value is -3.17. The fraction of sp³-hybridized carbons (Fsp3) is 0.514. The number of ketones is 1. The Balaban J connectivity index is 1.76. The molecule has 8 heteroatoms. The van der Waals surface area contributed by atoms with Crippen molar-refractivity contribution in [2.75, 3.05) is 0 Å². The van der Waals surface area contributed by atoms with Crippen molar-refractivity contribution in [1.29, 1.82) is 0 Å². The molecule has 0 aromatic heterocycles. The number of likely N-dealkylation sites (tertiary alicyclic amines) is 1. The molecule has 5 rings (SSSR count). The van der Waals surface area contributed by atoms with Crippen LogP contribution in [-0.2, 0) is 16.0 Å². The Morgan fingerprint density at radius 3 is 2.16 bits per heavy atom. The number of amides is 2. The van der Waals surface area contributed by atoms with E-state index in [1.165, 1.54) is 18.7 Å². The number of imide groups is 1. The zero-order valence-electron chi connectivity index (χ0n) is 25.3. The van der Waals surface area contributed by atoms with Gasteiger partial charge in [-0.25, -0.2) is 0 Å². The Morgan fingerprint density at radius 2 is 1.53 bits per heavy atom. The van der Waals surface area contributed by atoms with Gasteiger partial charge in [0.15, 0.2) is 0 Å². The minimum absolute atomic E-state index is 0.108. The number of Topliss-reactive ketones (excluding diaryl/α,β-unsaturated/α-hetero) is 1. The summed E-state index contributed by atoms with van der Waals surface area (Å²) in [6.07, 6.45) is 0.904. The van der Waals surface area contributed by atoms with E-state index in [0.29, 0.717) is 12.0 Å². The van der Waals surface area contributed by atoms with Gasteiger partial charge in [-0.2, -0.15) is 0 Å². The summed E-state index contributed by atoms with van der Waals surface area (Å²) in [5.74, 6) is -4.88. The van der Waals surface area contributed by atoms with Crippen LogP contribution >= 0.6 is 0 Å². The predicted molar refractivity (Wildman–Crippen MR) is 161 cm³/mol. The lowest BCUT2D eigenvalue weighted by Crippen LogP contribution is -2.67. The molecule has 2 aromatic carbocycles. The molecule has 0 bridgehead atoms. The van der Waals surface area contributed by atoms with E-state index in [0.717, 1.165) is 5.56 Å². The number of aliphatic hydroxyl groups is 4. The molecule has 1 saturated carbocycles. The first kappa shape index (κ1) is 31.3. The highest BCUT2D eigenvalue weighted by Gasteiger charge is 2.74. The molecule has 1 saturated heterocycles. The van der Waals surface area contributed by atoms with Gasteiger partial charge in [0.1, 0.15) is 11.2 Å². The van der Waals surface area contributed by atoms with Crippen molar-refractivity contribution in [3.05, 3.63) is 83.9 Å². The second-order valence-corrected chi connectivity index (χ2v) is 13.3. The van der Waals surface area contributed by atoms with Crippen molar-refractivity contribution >= 4 is 17.6 Å². The smallest absolute Gasteiger partial charge is 0.260 e. The first-order valence-electron chi connectivity index (χ1n) is 15.2. The quantitative estimate of drug-likeness (QED) is 0.245. The lowest BCUT2D eigenvalue weighted by Gasteiger charge is -2.55. The van der Waals surface area contributed by atoms with Crippen LogP contribution in [0.3, 0.4) is 0 Å². The van der Waals surface area contributed by atoms with Crippen LogP contribution in [0.25, 0.3) is 0 Å². The van der Waals surface area contributed by atoms with Gasteiger partial charge >= 0.3 is 0 Å². The van der Waals surface area contributed by atoms with E-state index in [4.69, 9.17) is 0 Å². The van der Waals surface area contributed by atoms with Crippen LogP contribution in [0.4, 0.5) is 0 Å². The van der Waals surface area contributed by atoms with Crippen LogP contribution in [0.5, 0.6) is 0 Å². The number of hydrogen-bond acceptors (Lipinski definition) is 7. The molecular weight excluding hydrogens is 546 g/mol. The number of carbonyl (C=O) groups excluding carboxylic acids is 3. The minimum Gasteiger partial charge on any atom is -0.390 e. The Labute approximate surface area is 253 Å². The number of hydrogen-bond donors (Lipinski definition) is 4. The summed E-state index contributed by atoms with van der Waals surface area (Å²) in [7, 11) is 0. The lowest BCUT2D eigenvalue weighted by molar-refractivity contribution is -0.199. The van der Waals surface area contributed by atoms with Gasteiger partial charge in [-0.15, -0.1) is 0 Å². The monoisotopic (exact) mass is 589 g/mol. The molecule has 3 aliphatic rings. The van der Waals surface area contributed by atoms with Gasteiger partial charge in [0, 0.05) is 29.9 Å². The number of nitrogens with zero attached hydrogens (tertiary/aromatic N) is 1. The van der Waals surface area contributed by atoms with Gasteiger partial charge < -0.3 is 20.4 Å². The summed E-state index contributed by atoms with van der Waals surface area (Å²) in [6, 6.07) is 17.1. The fourth-order valence-corrected chi connectivity index (χ4v) is 7.98. The summed E-state index contributed by atoms with van der Waals surface area (Å²) >= 11 is 0. The van der Waals surface area contributed by atoms with Crippen molar-refractivity contribution in [3.63, 3.8) is 0 Å².